The van der Waals surface area contributed by atoms with Gasteiger partial charge in [-0.15, -0.1) is 0 Å². The van der Waals surface area contributed by atoms with Crippen LogP contribution in [0.5, 0.6) is 0 Å². The molecule has 1 aliphatic rings. The lowest BCUT2D eigenvalue weighted by Gasteiger charge is -2.42. The van der Waals surface area contributed by atoms with E-state index in [0.29, 0.717) is 17.0 Å². The number of H-pyrrole nitrogens is 1. The number of fused-ring (bicyclic) bond motifs is 1. The van der Waals surface area contributed by atoms with E-state index in [9.17, 15) is 23.1 Å². The minimum absolute atomic E-state index is 0.0352. The van der Waals surface area contributed by atoms with E-state index in [4.69, 9.17) is 0 Å². The number of piperidine rings is 1. The Morgan fingerprint density at radius 2 is 1.89 bits per heavy atom. The van der Waals surface area contributed by atoms with Crippen molar-refractivity contribution in [1.82, 2.24) is 34.6 Å². The van der Waals surface area contributed by atoms with Gasteiger partial charge in [-0.25, -0.2) is 19.6 Å². The summed E-state index contributed by atoms with van der Waals surface area (Å²) in [5.74, 6) is -0.989. The first-order chi connectivity index (χ1) is 16.7. The maximum Gasteiger partial charge on any atom is 0.421 e. The van der Waals surface area contributed by atoms with Crippen molar-refractivity contribution in [3.05, 3.63) is 54.9 Å². The number of aromatic nitrogens is 6. The molecule has 4 aromatic rings. The highest BCUT2D eigenvalue weighted by Gasteiger charge is 2.60. The van der Waals surface area contributed by atoms with Crippen LogP contribution in [-0.4, -0.2) is 64.9 Å². The van der Waals surface area contributed by atoms with Gasteiger partial charge < -0.3 is 15.0 Å². The number of nitrogens with zero attached hydrogens (tertiary/aromatic N) is 6. The summed E-state index contributed by atoms with van der Waals surface area (Å²) < 4.78 is 43.9. The number of nitrogens with one attached hydrogen (secondary N) is 1. The summed E-state index contributed by atoms with van der Waals surface area (Å²) in [6.07, 6.45) is 2.68. The number of carbonyl (C=O) groups excluding carboxylic acids is 1. The van der Waals surface area contributed by atoms with E-state index in [1.165, 1.54) is 35.0 Å². The number of likely N-dealkylation sites (tertiary alicyclic amines) is 1. The number of carbonyl (C=O) groups is 1. The summed E-state index contributed by atoms with van der Waals surface area (Å²) in [5.41, 5.74) is -0.587. The zero-order chi connectivity index (χ0) is 24.8. The maximum absolute atomic E-state index is 14.2. The van der Waals surface area contributed by atoms with E-state index in [1.54, 1.807) is 24.7 Å². The molecular weight excluding hydrogens is 463 g/mol. The molecule has 4 aromatic heterocycles. The molecule has 2 N–H and O–H groups in total. The molecule has 0 spiro atoms. The van der Waals surface area contributed by atoms with E-state index >= 15 is 0 Å². The van der Waals surface area contributed by atoms with Gasteiger partial charge in [-0.2, -0.15) is 18.3 Å². The molecule has 0 saturated carbocycles. The second-order valence-corrected chi connectivity index (χ2v) is 8.58. The van der Waals surface area contributed by atoms with Crippen molar-refractivity contribution in [2.45, 2.75) is 31.5 Å². The number of hydrogen-bond donors (Lipinski definition) is 2. The van der Waals surface area contributed by atoms with Crippen LogP contribution in [0.25, 0.3) is 28.1 Å². The van der Waals surface area contributed by atoms with Crippen molar-refractivity contribution in [1.29, 1.82) is 0 Å². The molecule has 5 rings (SSSR count). The highest BCUT2D eigenvalue weighted by molar-refractivity contribution is 5.88. The summed E-state index contributed by atoms with van der Waals surface area (Å²) in [5, 5.41) is 15.2. The number of aromatic amines is 1. The molecule has 1 saturated heterocycles. The van der Waals surface area contributed by atoms with Crippen LogP contribution in [0.2, 0.25) is 0 Å². The zero-order valence-corrected chi connectivity index (χ0v) is 18.7. The minimum atomic E-state index is -4.91. The monoisotopic (exact) mass is 485 g/mol. The van der Waals surface area contributed by atoms with Crippen LogP contribution in [-0.2, 0) is 10.4 Å². The predicted molar refractivity (Wildman–Crippen MR) is 119 cm³/mol. The van der Waals surface area contributed by atoms with E-state index in [1.807, 2.05) is 0 Å². The fourth-order valence-electron chi connectivity index (χ4n) is 4.66. The summed E-state index contributed by atoms with van der Waals surface area (Å²) in [4.78, 5) is 28.6. The largest absolute Gasteiger partial charge is 0.421 e. The third kappa shape index (κ3) is 3.93. The van der Waals surface area contributed by atoms with Gasteiger partial charge in [-0.1, -0.05) is 6.07 Å². The number of aliphatic hydroxyl groups is 1. The molecule has 0 radical (unpaired) electrons. The van der Waals surface area contributed by atoms with Gasteiger partial charge in [0, 0.05) is 61.2 Å². The molecule has 35 heavy (non-hydrogen) atoms. The fraction of sp³-hybridized carbons (Fsp3) is 0.348. The topological polar surface area (TPSA) is 113 Å². The first kappa shape index (κ1) is 23.0. The molecule has 0 aromatic carbocycles. The number of rotatable bonds is 4. The van der Waals surface area contributed by atoms with E-state index in [-0.39, 0.29) is 37.4 Å². The summed E-state index contributed by atoms with van der Waals surface area (Å²) in [7, 11) is 0. The van der Waals surface area contributed by atoms with Crippen molar-refractivity contribution in [2.75, 3.05) is 13.1 Å². The molecule has 1 atom stereocenters. The molecule has 0 bridgehead atoms. The lowest BCUT2D eigenvalue weighted by molar-refractivity contribution is -0.290. The highest BCUT2D eigenvalue weighted by atomic mass is 19.4. The lowest BCUT2D eigenvalue weighted by atomic mass is 9.76. The van der Waals surface area contributed by atoms with Crippen LogP contribution < -0.4 is 0 Å². The van der Waals surface area contributed by atoms with E-state index in [2.05, 4.69) is 25.0 Å². The Bertz CT molecular complexity index is 1360. The molecule has 1 amide bonds. The number of alkyl halides is 3. The molecular formula is C23H22F3N7O2. The second-order valence-electron chi connectivity index (χ2n) is 8.58. The van der Waals surface area contributed by atoms with Crippen molar-refractivity contribution in [3.8, 4) is 16.9 Å². The second kappa shape index (κ2) is 8.45. The van der Waals surface area contributed by atoms with Gasteiger partial charge in [0.25, 0.3) is 0 Å². The fourth-order valence-corrected chi connectivity index (χ4v) is 4.66. The smallest absolute Gasteiger partial charge is 0.376 e. The number of pyridine rings is 2. The standard InChI is InChI=1S/C23H22F3N7O2/c1-14(34)32-8-5-16(6-9-32)22(35,23(24,25)26)17-2-3-19(28-11-17)33-12-15(10-31-33)18-4-7-27-21-20(18)29-13-30-21/h2-4,7,10-13,16,35H,5-6,8-9H2,1H3,(H,27,29,30). The Morgan fingerprint density at radius 3 is 2.54 bits per heavy atom. The molecule has 12 heteroatoms. The van der Waals surface area contributed by atoms with Crippen LogP contribution in [0.15, 0.2) is 49.3 Å². The molecule has 5 heterocycles. The van der Waals surface area contributed by atoms with Gasteiger partial charge in [0.2, 0.25) is 5.91 Å². The van der Waals surface area contributed by atoms with Crippen LogP contribution in [0, 0.1) is 5.92 Å². The van der Waals surface area contributed by atoms with Gasteiger partial charge >= 0.3 is 6.18 Å². The molecule has 1 aliphatic heterocycles. The van der Waals surface area contributed by atoms with Gasteiger partial charge in [0.15, 0.2) is 17.1 Å². The Balaban J connectivity index is 1.42. The van der Waals surface area contributed by atoms with Gasteiger partial charge in [-0.05, 0) is 25.0 Å². The number of hydrogen-bond acceptors (Lipinski definition) is 6. The van der Waals surface area contributed by atoms with E-state index in [0.717, 1.165) is 17.3 Å². The molecule has 1 fully saturated rings. The van der Waals surface area contributed by atoms with Crippen LogP contribution in [0.1, 0.15) is 25.3 Å². The van der Waals surface area contributed by atoms with Crippen molar-refractivity contribution < 1.29 is 23.1 Å². The Kier molecular flexibility index (Phi) is 5.55. The number of imidazole rings is 1. The summed E-state index contributed by atoms with van der Waals surface area (Å²) in [6.45, 7) is 1.71. The van der Waals surface area contributed by atoms with Gasteiger partial charge in [0.1, 0.15) is 5.52 Å². The summed E-state index contributed by atoms with van der Waals surface area (Å²) >= 11 is 0. The average molecular weight is 485 g/mol. The zero-order valence-electron chi connectivity index (χ0n) is 18.7. The Hall–Kier alpha value is -3.80. The first-order valence-corrected chi connectivity index (χ1v) is 11.0. The third-order valence-corrected chi connectivity index (χ3v) is 6.60. The van der Waals surface area contributed by atoms with Crippen molar-refractivity contribution in [2.24, 2.45) is 5.92 Å². The van der Waals surface area contributed by atoms with Crippen molar-refractivity contribution in [3.63, 3.8) is 0 Å². The number of amides is 1. The van der Waals surface area contributed by atoms with Crippen LogP contribution >= 0.6 is 0 Å². The van der Waals surface area contributed by atoms with E-state index < -0.39 is 17.7 Å². The first-order valence-electron chi connectivity index (χ1n) is 11.0. The number of halogens is 3. The normalized spacial score (nSPS) is 17.0. The van der Waals surface area contributed by atoms with Crippen molar-refractivity contribution >= 4 is 17.1 Å². The SMILES string of the molecule is CC(=O)N1CCC(C(O)(c2ccc(-n3cc(-c4ccnc5[nH]cnc45)cn3)nc2)C(F)(F)F)CC1. The molecule has 182 valence electrons. The minimum Gasteiger partial charge on any atom is -0.376 e. The molecule has 9 nitrogen and oxygen atoms in total. The maximum atomic E-state index is 14.2. The third-order valence-electron chi connectivity index (χ3n) is 6.60. The van der Waals surface area contributed by atoms with Crippen LogP contribution in [0.4, 0.5) is 13.2 Å². The Labute approximate surface area is 197 Å². The average Bonchev–Trinajstić information content (AvgIpc) is 3.53. The molecule has 1 unspecified atom stereocenters. The van der Waals surface area contributed by atoms with Gasteiger partial charge in [0.05, 0.1) is 12.5 Å². The summed E-state index contributed by atoms with van der Waals surface area (Å²) in [6, 6.07) is 4.42. The van der Waals surface area contributed by atoms with Crippen LogP contribution in [0.3, 0.4) is 0 Å². The molecule has 0 aliphatic carbocycles. The lowest BCUT2D eigenvalue weighted by Crippen LogP contribution is -2.52. The Morgan fingerprint density at radius 1 is 1.11 bits per heavy atom. The highest BCUT2D eigenvalue weighted by Crippen LogP contribution is 2.48. The van der Waals surface area contributed by atoms with Gasteiger partial charge in [-0.3, -0.25) is 4.79 Å². The quantitative estimate of drug-likeness (QED) is 0.459. The predicted octanol–water partition coefficient (Wildman–Crippen LogP) is 3.21.